The van der Waals surface area contributed by atoms with E-state index in [4.69, 9.17) is 14.2 Å². The second-order valence-electron chi connectivity index (χ2n) is 6.34. The molecule has 26 heavy (non-hydrogen) atoms. The molecule has 142 valence electrons. The summed E-state index contributed by atoms with van der Waals surface area (Å²) >= 11 is 0. The van der Waals surface area contributed by atoms with Gasteiger partial charge in [-0.2, -0.15) is 0 Å². The van der Waals surface area contributed by atoms with E-state index in [1.165, 1.54) is 20.1 Å². The number of imide groups is 1. The summed E-state index contributed by atoms with van der Waals surface area (Å²) in [4.78, 5) is 37.1. The molecular weight excluding hydrogens is 340 g/mol. The third-order valence-electron chi connectivity index (χ3n) is 3.73. The summed E-state index contributed by atoms with van der Waals surface area (Å²) in [5.74, 6) is 0.0315. The third kappa shape index (κ3) is 4.65. The largest absolute Gasteiger partial charge is 0.493 e. The fourth-order valence-corrected chi connectivity index (χ4v) is 2.35. The van der Waals surface area contributed by atoms with Gasteiger partial charge in [0.25, 0.3) is 5.91 Å². The molecule has 8 heteroatoms. The number of benzene rings is 1. The number of rotatable bonds is 7. The van der Waals surface area contributed by atoms with E-state index < -0.39 is 24.0 Å². The van der Waals surface area contributed by atoms with E-state index in [1.54, 1.807) is 12.1 Å². The Morgan fingerprint density at radius 1 is 1.23 bits per heavy atom. The monoisotopic (exact) mass is 364 g/mol. The quantitative estimate of drug-likeness (QED) is 0.742. The molecular formula is C18H24N2O6. The first kappa shape index (κ1) is 19.6. The van der Waals surface area contributed by atoms with E-state index >= 15 is 0 Å². The van der Waals surface area contributed by atoms with Crippen molar-refractivity contribution >= 4 is 17.9 Å². The molecule has 1 aromatic rings. The van der Waals surface area contributed by atoms with Crippen LogP contribution in [0.15, 0.2) is 18.2 Å². The van der Waals surface area contributed by atoms with Crippen molar-refractivity contribution in [2.24, 2.45) is 5.92 Å². The van der Waals surface area contributed by atoms with Crippen molar-refractivity contribution in [2.75, 3.05) is 26.8 Å². The van der Waals surface area contributed by atoms with Crippen LogP contribution in [0.3, 0.4) is 0 Å². The van der Waals surface area contributed by atoms with Crippen LogP contribution in [0.5, 0.6) is 11.5 Å². The molecule has 2 rings (SSSR count). The highest BCUT2D eigenvalue weighted by Crippen LogP contribution is 2.29. The molecule has 0 aromatic heterocycles. The summed E-state index contributed by atoms with van der Waals surface area (Å²) < 4.78 is 16.1. The number of carbonyl (C=O) groups excluding carboxylic acids is 3. The smallest absolute Gasteiger partial charge is 0.339 e. The first-order valence-electron chi connectivity index (χ1n) is 8.44. The van der Waals surface area contributed by atoms with Gasteiger partial charge in [-0.15, -0.1) is 0 Å². The number of amides is 3. The maximum absolute atomic E-state index is 12.3. The number of hydrogen-bond acceptors (Lipinski definition) is 6. The van der Waals surface area contributed by atoms with E-state index in [0.717, 1.165) is 4.90 Å². The lowest BCUT2D eigenvalue weighted by molar-refractivity contribution is -0.136. The minimum absolute atomic E-state index is 0.226. The highest BCUT2D eigenvalue weighted by atomic mass is 16.5. The molecule has 1 fully saturated rings. The molecule has 1 heterocycles. The molecule has 1 aliphatic rings. The van der Waals surface area contributed by atoms with Crippen LogP contribution < -0.4 is 14.8 Å². The molecule has 0 saturated carbocycles. The Balaban J connectivity index is 2.04. The average Bonchev–Trinajstić information content (AvgIpc) is 3.04. The van der Waals surface area contributed by atoms with Crippen LogP contribution in [-0.4, -0.2) is 55.7 Å². The molecule has 8 nitrogen and oxygen atoms in total. The second-order valence-corrected chi connectivity index (χ2v) is 6.34. The third-order valence-corrected chi connectivity index (χ3v) is 3.73. The van der Waals surface area contributed by atoms with Gasteiger partial charge in [0.1, 0.15) is 0 Å². The highest BCUT2D eigenvalue weighted by Gasteiger charge is 2.31. The molecule has 1 saturated heterocycles. The van der Waals surface area contributed by atoms with Crippen molar-refractivity contribution in [1.82, 2.24) is 10.2 Å². The maximum atomic E-state index is 12.3. The topological polar surface area (TPSA) is 94.2 Å². The van der Waals surface area contributed by atoms with Crippen LogP contribution in [0.2, 0.25) is 0 Å². The average molecular weight is 364 g/mol. The molecule has 0 spiro atoms. The van der Waals surface area contributed by atoms with Gasteiger partial charge in [-0.25, -0.2) is 9.59 Å². The van der Waals surface area contributed by atoms with Gasteiger partial charge in [0, 0.05) is 13.1 Å². The zero-order valence-electron chi connectivity index (χ0n) is 15.4. The van der Waals surface area contributed by atoms with E-state index in [1.807, 2.05) is 13.8 Å². The standard InChI is InChI=1S/C18H24N2O6/c1-11(2)10-25-14-6-5-13(9-15(14)24-4)17(22)26-12(3)16(21)20-8-7-19-18(20)23/h5-6,9,11-12H,7-8,10H2,1-4H3,(H,19,23)/t12-/m0/s1. The molecule has 3 amide bonds. The first-order valence-corrected chi connectivity index (χ1v) is 8.44. The molecule has 0 aliphatic carbocycles. The normalized spacial score (nSPS) is 14.8. The fourth-order valence-electron chi connectivity index (χ4n) is 2.35. The molecule has 0 bridgehead atoms. The van der Waals surface area contributed by atoms with E-state index in [-0.39, 0.29) is 12.1 Å². The summed E-state index contributed by atoms with van der Waals surface area (Å²) in [7, 11) is 1.48. The number of nitrogens with zero attached hydrogens (tertiary/aromatic N) is 1. The van der Waals surface area contributed by atoms with E-state index in [2.05, 4.69) is 5.32 Å². The molecule has 1 aromatic carbocycles. The Kier molecular flexibility index (Phi) is 6.43. The van der Waals surface area contributed by atoms with Gasteiger partial charge in [-0.3, -0.25) is 9.69 Å². The van der Waals surface area contributed by atoms with Gasteiger partial charge in [0.2, 0.25) is 0 Å². The van der Waals surface area contributed by atoms with Crippen molar-refractivity contribution in [2.45, 2.75) is 26.9 Å². The van der Waals surface area contributed by atoms with E-state index in [9.17, 15) is 14.4 Å². The molecule has 1 atom stereocenters. The number of carbonyl (C=O) groups is 3. The van der Waals surface area contributed by atoms with Crippen molar-refractivity contribution in [3.05, 3.63) is 23.8 Å². The van der Waals surface area contributed by atoms with Gasteiger partial charge in [-0.1, -0.05) is 13.8 Å². The van der Waals surface area contributed by atoms with Gasteiger partial charge < -0.3 is 19.5 Å². The minimum Gasteiger partial charge on any atom is -0.493 e. The fraction of sp³-hybridized carbons (Fsp3) is 0.500. The zero-order valence-corrected chi connectivity index (χ0v) is 15.4. The van der Waals surface area contributed by atoms with Crippen molar-refractivity contribution in [1.29, 1.82) is 0 Å². The SMILES string of the molecule is COc1cc(C(=O)O[C@@H](C)C(=O)N2CCNC2=O)ccc1OCC(C)C. The Hall–Kier alpha value is -2.77. The summed E-state index contributed by atoms with van der Waals surface area (Å²) in [6, 6.07) is 4.18. The lowest BCUT2D eigenvalue weighted by Gasteiger charge is -2.18. The highest BCUT2D eigenvalue weighted by molar-refractivity contribution is 5.99. The zero-order chi connectivity index (χ0) is 19.3. The van der Waals surface area contributed by atoms with Crippen molar-refractivity contribution in [3.63, 3.8) is 0 Å². The molecule has 1 aliphatic heterocycles. The summed E-state index contributed by atoms with van der Waals surface area (Å²) in [6.07, 6.45) is -1.07. The van der Waals surface area contributed by atoms with Crippen molar-refractivity contribution in [3.8, 4) is 11.5 Å². The number of esters is 1. The summed E-state index contributed by atoms with van der Waals surface area (Å²) in [6.45, 7) is 6.65. The van der Waals surface area contributed by atoms with Crippen LogP contribution in [0.4, 0.5) is 4.79 Å². The molecule has 0 unspecified atom stereocenters. The van der Waals surface area contributed by atoms with Crippen LogP contribution in [0.1, 0.15) is 31.1 Å². The predicted molar refractivity (Wildman–Crippen MR) is 93.3 cm³/mol. The van der Waals surface area contributed by atoms with Crippen molar-refractivity contribution < 1.29 is 28.6 Å². The minimum atomic E-state index is -1.07. The number of hydrogen-bond donors (Lipinski definition) is 1. The van der Waals surface area contributed by atoms with Gasteiger partial charge in [0.15, 0.2) is 17.6 Å². The Morgan fingerprint density at radius 3 is 2.54 bits per heavy atom. The lowest BCUT2D eigenvalue weighted by atomic mass is 10.2. The van der Waals surface area contributed by atoms with Gasteiger partial charge >= 0.3 is 12.0 Å². The molecule has 1 N–H and O–H groups in total. The van der Waals surface area contributed by atoms with Gasteiger partial charge in [-0.05, 0) is 31.0 Å². The number of urea groups is 1. The van der Waals surface area contributed by atoms with Gasteiger partial charge in [0.05, 0.1) is 19.3 Å². The Morgan fingerprint density at radius 2 is 1.96 bits per heavy atom. The summed E-state index contributed by atoms with van der Waals surface area (Å²) in [5, 5.41) is 2.53. The van der Waals surface area contributed by atoms with Crippen LogP contribution in [-0.2, 0) is 9.53 Å². The summed E-state index contributed by atoms with van der Waals surface area (Å²) in [5.41, 5.74) is 0.226. The van der Waals surface area contributed by atoms with E-state index in [0.29, 0.717) is 30.6 Å². The first-order chi connectivity index (χ1) is 12.3. The Labute approximate surface area is 152 Å². The number of ether oxygens (including phenoxy) is 3. The predicted octanol–water partition coefficient (Wildman–Crippen LogP) is 1.83. The van der Waals surface area contributed by atoms with Crippen LogP contribution in [0.25, 0.3) is 0 Å². The molecule has 0 radical (unpaired) electrons. The number of methoxy groups -OCH3 is 1. The second kappa shape index (κ2) is 8.55. The van der Waals surface area contributed by atoms with Crippen LogP contribution in [0, 0.1) is 5.92 Å². The Bertz CT molecular complexity index is 688. The maximum Gasteiger partial charge on any atom is 0.339 e. The number of nitrogens with one attached hydrogen (secondary N) is 1. The lowest BCUT2D eigenvalue weighted by Crippen LogP contribution is -2.41. The van der Waals surface area contributed by atoms with Crippen LogP contribution >= 0.6 is 0 Å².